The van der Waals surface area contributed by atoms with Crippen molar-refractivity contribution in [2.45, 2.75) is 30.0 Å². The number of fused-ring (bicyclic) bond motifs is 1. The molecule has 0 aliphatic carbocycles. The number of sulfonamides is 1. The minimum atomic E-state index is -4.66. The number of benzene rings is 4. The predicted octanol–water partition coefficient (Wildman–Crippen LogP) is 5.97. The maximum atomic E-state index is 13.9. The summed E-state index contributed by atoms with van der Waals surface area (Å²) in [5, 5.41) is 11.2. The fourth-order valence-electron chi connectivity index (χ4n) is 5.05. The summed E-state index contributed by atoms with van der Waals surface area (Å²) >= 11 is 5.73. The van der Waals surface area contributed by atoms with Crippen molar-refractivity contribution in [3.63, 3.8) is 0 Å². The van der Waals surface area contributed by atoms with Crippen LogP contribution in [0.2, 0.25) is 5.02 Å². The number of para-hydroxylation sites is 1. The molecule has 1 atom stereocenters. The highest BCUT2D eigenvalue weighted by Gasteiger charge is 2.42. The lowest BCUT2D eigenvalue weighted by Gasteiger charge is -2.26. The van der Waals surface area contributed by atoms with Gasteiger partial charge in [0.25, 0.3) is 10.0 Å². The Morgan fingerprint density at radius 3 is 2.29 bits per heavy atom. The van der Waals surface area contributed by atoms with Gasteiger partial charge in [-0.05, 0) is 64.7 Å². The van der Waals surface area contributed by atoms with Crippen LogP contribution in [0.1, 0.15) is 16.7 Å². The number of alkyl halides is 3. The van der Waals surface area contributed by atoms with E-state index in [0.717, 1.165) is 16.4 Å². The number of nitrogens with one attached hydrogen (secondary N) is 1. The first-order valence-corrected chi connectivity index (χ1v) is 15.5. The fraction of sp³-hybridized carbons (Fsp3) is 0.188. The van der Waals surface area contributed by atoms with Crippen LogP contribution in [-0.4, -0.2) is 44.6 Å². The Bertz CT molecular complexity index is 1830. The van der Waals surface area contributed by atoms with Crippen molar-refractivity contribution < 1.29 is 41.0 Å². The van der Waals surface area contributed by atoms with Gasteiger partial charge in [-0.1, -0.05) is 60.1 Å². The summed E-state index contributed by atoms with van der Waals surface area (Å²) in [6.07, 6.45) is -4.64. The molecule has 1 aliphatic heterocycles. The molecule has 1 heterocycles. The van der Waals surface area contributed by atoms with Crippen LogP contribution in [0.4, 0.5) is 18.9 Å². The normalized spacial score (nSPS) is 14.6. The van der Waals surface area contributed by atoms with Crippen LogP contribution < -0.4 is 14.4 Å². The summed E-state index contributed by atoms with van der Waals surface area (Å²) in [5.74, 6) is -1.01. The average molecular weight is 659 g/mol. The fourth-order valence-corrected chi connectivity index (χ4v) is 6.92. The van der Waals surface area contributed by atoms with E-state index >= 15 is 0 Å². The molecular weight excluding hydrogens is 633 g/mol. The van der Waals surface area contributed by atoms with Crippen molar-refractivity contribution in [1.29, 1.82) is 0 Å². The largest absolute Gasteiger partial charge is 0.492 e. The van der Waals surface area contributed by atoms with Gasteiger partial charge in [0.05, 0.1) is 34.1 Å². The lowest BCUT2D eigenvalue weighted by Crippen LogP contribution is -2.48. The van der Waals surface area contributed by atoms with Gasteiger partial charge in [0.2, 0.25) is 5.91 Å². The molecular formula is C32H26ClF3N2O6S. The molecule has 0 saturated carbocycles. The van der Waals surface area contributed by atoms with E-state index in [1.807, 2.05) is 0 Å². The van der Waals surface area contributed by atoms with Gasteiger partial charge in [-0.25, -0.2) is 8.42 Å². The van der Waals surface area contributed by atoms with E-state index < -0.39 is 44.7 Å². The number of rotatable bonds is 10. The molecule has 0 aromatic heterocycles. The summed E-state index contributed by atoms with van der Waals surface area (Å²) in [5.41, 5.74) is 1.19. The first kappa shape index (κ1) is 31.9. The second kappa shape index (κ2) is 12.8. The molecule has 1 amide bonds. The van der Waals surface area contributed by atoms with Crippen molar-refractivity contribution in [3.05, 3.63) is 113 Å². The zero-order chi connectivity index (χ0) is 32.4. The third-order valence-electron chi connectivity index (χ3n) is 7.19. The van der Waals surface area contributed by atoms with Crippen LogP contribution in [0.3, 0.4) is 0 Å². The molecule has 5 rings (SSSR count). The molecule has 4 aromatic carbocycles. The van der Waals surface area contributed by atoms with Crippen LogP contribution >= 0.6 is 11.6 Å². The number of carbonyl (C=O) groups excluding carboxylic acids is 1. The third-order valence-corrected chi connectivity index (χ3v) is 9.36. The number of carboxylic acids is 1. The number of ether oxygens (including phenoxy) is 1. The highest BCUT2D eigenvalue weighted by atomic mass is 35.5. The summed E-state index contributed by atoms with van der Waals surface area (Å²) in [6.45, 7) is 0.158. The van der Waals surface area contributed by atoms with Gasteiger partial charge < -0.3 is 15.2 Å². The van der Waals surface area contributed by atoms with Crippen LogP contribution in [0, 0.1) is 0 Å². The van der Waals surface area contributed by atoms with E-state index in [1.54, 1.807) is 48.5 Å². The van der Waals surface area contributed by atoms with Gasteiger partial charge in [0.1, 0.15) is 18.4 Å². The Hall–Kier alpha value is -4.55. The van der Waals surface area contributed by atoms with E-state index in [1.165, 1.54) is 30.3 Å². The van der Waals surface area contributed by atoms with Crippen LogP contribution in [0.25, 0.3) is 11.1 Å². The highest BCUT2D eigenvalue weighted by molar-refractivity contribution is 7.93. The van der Waals surface area contributed by atoms with E-state index in [-0.39, 0.29) is 36.5 Å². The van der Waals surface area contributed by atoms with Gasteiger partial charge >= 0.3 is 12.1 Å². The third kappa shape index (κ3) is 7.07. The number of aliphatic carboxylic acids is 1. The minimum absolute atomic E-state index is 0.0755. The van der Waals surface area contributed by atoms with E-state index in [2.05, 4.69) is 5.32 Å². The van der Waals surface area contributed by atoms with Crippen LogP contribution in [-0.2, 0) is 38.6 Å². The monoisotopic (exact) mass is 658 g/mol. The maximum Gasteiger partial charge on any atom is 0.417 e. The lowest BCUT2D eigenvalue weighted by molar-refractivity contribution is -0.138. The molecule has 4 aromatic rings. The Labute approximate surface area is 262 Å². The van der Waals surface area contributed by atoms with E-state index in [9.17, 15) is 31.2 Å². The first-order valence-electron chi connectivity index (χ1n) is 13.7. The second-order valence-electron chi connectivity index (χ2n) is 10.2. The summed E-state index contributed by atoms with van der Waals surface area (Å²) in [6, 6.07) is 21.0. The molecule has 0 unspecified atom stereocenters. The number of amides is 1. The van der Waals surface area contributed by atoms with Crippen LogP contribution in [0.5, 0.6) is 5.75 Å². The Morgan fingerprint density at radius 1 is 0.956 bits per heavy atom. The van der Waals surface area contributed by atoms with Gasteiger partial charge in [0, 0.05) is 6.42 Å². The number of nitrogens with zero attached hydrogens (tertiary/aromatic N) is 1. The van der Waals surface area contributed by atoms with Gasteiger partial charge in [-0.2, -0.15) is 13.2 Å². The molecule has 0 spiro atoms. The summed E-state index contributed by atoms with van der Waals surface area (Å²) < 4.78 is 74.6. The molecule has 8 nitrogen and oxygen atoms in total. The predicted molar refractivity (Wildman–Crippen MR) is 162 cm³/mol. The second-order valence-corrected chi connectivity index (χ2v) is 12.4. The number of halogens is 4. The Balaban J connectivity index is 1.31. The first-order chi connectivity index (χ1) is 21.3. The standard InChI is InChI=1S/C32H26ClF3N2O6S/c33-27-14-9-22(18-26(27)32(34,35)36)21-7-12-25(13-8-21)45(42,43)38-28-4-2-1-3-23(28)19-29(38)31(41)37-15-16-44-24-10-5-20(6-11-24)17-30(39)40/h1-14,18,29H,15-17,19H2,(H,37,41)(H,39,40)/t29-/m0/s1. The molecule has 0 radical (unpaired) electrons. The van der Waals surface area contributed by atoms with Crippen LogP contribution in [0.15, 0.2) is 95.9 Å². The minimum Gasteiger partial charge on any atom is -0.492 e. The molecule has 1 aliphatic rings. The quantitative estimate of drug-likeness (QED) is 0.203. The molecule has 45 heavy (non-hydrogen) atoms. The smallest absolute Gasteiger partial charge is 0.417 e. The molecule has 2 N–H and O–H groups in total. The van der Waals surface area contributed by atoms with Crippen molar-refractivity contribution in [2.75, 3.05) is 17.5 Å². The Kier molecular flexibility index (Phi) is 9.08. The summed E-state index contributed by atoms with van der Waals surface area (Å²) in [4.78, 5) is 24.0. The van der Waals surface area contributed by atoms with E-state index in [4.69, 9.17) is 21.4 Å². The highest BCUT2D eigenvalue weighted by Crippen LogP contribution is 2.39. The Morgan fingerprint density at radius 2 is 1.62 bits per heavy atom. The SMILES string of the molecule is O=C(O)Cc1ccc(OCCNC(=O)[C@@H]2Cc3ccccc3N2S(=O)(=O)c2ccc(-c3ccc(Cl)c(C(F)(F)F)c3)cc2)cc1. The molecule has 234 valence electrons. The molecule has 0 bridgehead atoms. The van der Waals surface area contributed by atoms with E-state index in [0.29, 0.717) is 28.1 Å². The maximum absolute atomic E-state index is 13.9. The lowest BCUT2D eigenvalue weighted by atomic mass is 10.0. The number of hydrogen-bond acceptors (Lipinski definition) is 5. The number of carbonyl (C=O) groups is 2. The van der Waals surface area contributed by atoms with Crippen molar-refractivity contribution in [3.8, 4) is 16.9 Å². The zero-order valence-electron chi connectivity index (χ0n) is 23.4. The summed E-state index contributed by atoms with van der Waals surface area (Å²) in [7, 11) is -4.27. The van der Waals surface area contributed by atoms with Crippen molar-refractivity contribution in [1.82, 2.24) is 5.32 Å². The molecule has 0 saturated heterocycles. The van der Waals surface area contributed by atoms with Crippen molar-refractivity contribution in [2.24, 2.45) is 0 Å². The van der Waals surface area contributed by atoms with Gasteiger partial charge in [-0.3, -0.25) is 13.9 Å². The number of hydrogen-bond donors (Lipinski definition) is 2. The topological polar surface area (TPSA) is 113 Å². The molecule has 0 fully saturated rings. The van der Waals surface area contributed by atoms with Crippen molar-refractivity contribution >= 4 is 39.2 Å². The number of anilines is 1. The molecule has 13 heteroatoms. The number of carboxylic acid groups (broad SMARTS) is 1. The average Bonchev–Trinajstić information content (AvgIpc) is 3.40. The zero-order valence-corrected chi connectivity index (χ0v) is 25.0. The van der Waals surface area contributed by atoms with Gasteiger partial charge in [0.15, 0.2) is 0 Å². The van der Waals surface area contributed by atoms with Gasteiger partial charge in [-0.15, -0.1) is 0 Å².